The van der Waals surface area contributed by atoms with Crippen molar-refractivity contribution in [3.8, 4) is 11.5 Å². The molecule has 6 heteroatoms. The number of hydrogen-bond donors (Lipinski definition) is 2. The molecular weight excluding hydrogens is 304 g/mol. The highest BCUT2D eigenvalue weighted by Crippen LogP contribution is 2.29. The van der Waals surface area contributed by atoms with Gasteiger partial charge in [-0.3, -0.25) is 10.2 Å². The molecule has 2 aromatic carbocycles. The van der Waals surface area contributed by atoms with Gasteiger partial charge in [0.2, 0.25) is 0 Å². The first-order valence-electron chi connectivity index (χ1n) is 6.79. The van der Waals surface area contributed by atoms with Crippen LogP contribution in [0.15, 0.2) is 42.5 Å². The monoisotopic (exact) mass is 320 g/mol. The lowest BCUT2D eigenvalue weighted by Gasteiger charge is -2.13. The summed E-state index contributed by atoms with van der Waals surface area (Å²) in [6, 6.07) is 12.3. The number of hydrazine groups is 1. The highest BCUT2D eigenvalue weighted by atomic mass is 35.5. The molecule has 3 N–H and O–H groups in total. The maximum absolute atomic E-state index is 11.5. The Balaban J connectivity index is 2.15. The molecule has 2 aromatic rings. The van der Waals surface area contributed by atoms with Crippen molar-refractivity contribution in [1.82, 2.24) is 5.43 Å². The van der Waals surface area contributed by atoms with Crippen LogP contribution in [-0.4, -0.2) is 12.5 Å². The lowest BCUT2D eigenvalue weighted by molar-refractivity contribution is 0.0953. The number of amides is 1. The number of carbonyl (C=O) groups excluding carboxylic acids is 1. The molecule has 2 rings (SSSR count). The van der Waals surface area contributed by atoms with Crippen LogP contribution >= 0.6 is 11.6 Å². The smallest absolute Gasteiger partial charge is 0.265 e. The second-order valence-corrected chi connectivity index (χ2v) is 4.92. The van der Waals surface area contributed by atoms with E-state index in [1.807, 2.05) is 19.1 Å². The van der Waals surface area contributed by atoms with Crippen molar-refractivity contribution in [3.63, 3.8) is 0 Å². The zero-order chi connectivity index (χ0) is 15.9. The second kappa shape index (κ2) is 7.68. The summed E-state index contributed by atoms with van der Waals surface area (Å²) in [5.74, 6) is 5.80. The van der Waals surface area contributed by atoms with E-state index in [1.165, 1.54) is 0 Å². The van der Waals surface area contributed by atoms with E-state index in [0.29, 0.717) is 35.3 Å². The molecule has 1 amide bonds. The van der Waals surface area contributed by atoms with Crippen LogP contribution in [0.3, 0.4) is 0 Å². The molecule has 22 heavy (non-hydrogen) atoms. The summed E-state index contributed by atoms with van der Waals surface area (Å²) >= 11 is 5.85. The molecule has 0 atom stereocenters. The van der Waals surface area contributed by atoms with E-state index in [4.69, 9.17) is 26.9 Å². The van der Waals surface area contributed by atoms with Crippen LogP contribution in [0.5, 0.6) is 11.5 Å². The number of rotatable bonds is 6. The van der Waals surface area contributed by atoms with E-state index in [9.17, 15) is 4.79 Å². The molecule has 0 heterocycles. The average Bonchev–Trinajstić information content (AvgIpc) is 2.54. The number of nitrogen functional groups attached to an aromatic ring is 1. The predicted molar refractivity (Wildman–Crippen MR) is 85.0 cm³/mol. The third-order valence-corrected chi connectivity index (χ3v) is 3.20. The number of nitrogens with two attached hydrogens (primary N) is 1. The van der Waals surface area contributed by atoms with Crippen LogP contribution in [0.4, 0.5) is 0 Å². The van der Waals surface area contributed by atoms with Crippen LogP contribution in [-0.2, 0) is 6.61 Å². The number of nitrogens with one attached hydrogen (secondary N) is 1. The van der Waals surface area contributed by atoms with Crippen LogP contribution in [0.25, 0.3) is 0 Å². The van der Waals surface area contributed by atoms with E-state index in [-0.39, 0.29) is 5.91 Å². The van der Waals surface area contributed by atoms with E-state index in [0.717, 1.165) is 5.56 Å². The minimum atomic E-state index is -0.384. The van der Waals surface area contributed by atoms with E-state index >= 15 is 0 Å². The van der Waals surface area contributed by atoms with Gasteiger partial charge >= 0.3 is 0 Å². The first-order chi connectivity index (χ1) is 10.6. The van der Waals surface area contributed by atoms with Crippen molar-refractivity contribution in [2.45, 2.75) is 13.5 Å². The maximum atomic E-state index is 11.5. The van der Waals surface area contributed by atoms with Gasteiger partial charge in [0.25, 0.3) is 5.91 Å². The quantitative estimate of drug-likeness (QED) is 0.487. The fourth-order valence-electron chi connectivity index (χ4n) is 1.86. The molecule has 5 nitrogen and oxygen atoms in total. The largest absolute Gasteiger partial charge is 0.490 e. The molecule has 0 spiro atoms. The van der Waals surface area contributed by atoms with Crippen molar-refractivity contribution in [1.29, 1.82) is 0 Å². The van der Waals surface area contributed by atoms with Gasteiger partial charge < -0.3 is 9.47 Å². The van der Waals surface area contributed by atoms with Crippen LogP contribution in [0.1, 0.15) is 22.8 Å². The summed E-state index contributed by atoms with van der Waals surface area (Å²) in [7, 11) is 0. The van der Waals surface area contributed by atoms with Crippen molar-refractivity contribution in [2.75, 3.05) is 6.61 Å². The van der Waals surface area contributed by atoms with E-state index in [2.05, 4.69) is 5.43 Å². The normalized spacial score (nSPS) is 10.1. The first-order valence-corrected chi connectivity index (χ1v) is 7.17. The summed E-state index contributed by atoms with van der Waals surface area (Å²) in [5.41, 5.74) is 3.47. The summed E-state index contributed by atoms with van der Waals surface area (Å²) in [6.07, 6.45) is 0. The SMILES string of the molecule is CCOc1cc(C(=O)NN)ccc1OCc1ccc(Cl)cc1. The van der Waals surface area contributed by atoms with Crippen molar-refractivity contribution in [2.24, 2.45) is 5.84 Å². The lowest BCUT2D eigenvalue weighted by Crippen LogP contribution is -2.29. The Bertz CT molecular complexity index is 644. The molecule has 0 aliphatic rings. The minimum Gasteiger partial charge on any atom is -0.490 e. The van der Waals surface area contributed by atoms with Gasteiger partial charge in [0.1, 0.15) is 6.61 Å². The number of hydrogen-bond acceptors (Lipinski definition) is 4. The third-order valence-electron chi connectivity index (χ3n) is 2.94. The molecule has 0 aromatic heterocycles. The molecule has 116 valence electrons. The van der Waals surface area contributed by atoms with Gasteiger partial charge in [-0.1, -0.05) is 23.7 Å². The number of benzene rings is 2. The fraction of sp³-hybridized carbons (Fsp3) is 0.188. The average molecular weight is 321 g/mol. The van der Waals surface area contributed by atoms with Crippen LogP contribution in [0, 0.1) is 0 Å². The van der Waals surface area contributed by atoms with Gasteiger partial charge in [-0.25, -0.2) is 5.84 Å². The molecule has 0 saturated carbocycles. The standard InChI is InChI=1S/C16H17ClN2O3/c1-2-21-15-9-12(16(20)19-18)5-8-14(15)22-10-11-3-6-13(17)7-4-11/h3-9H,2,10,18H2,1H3,(H,19,20). The Labute approximate surface area is 134 Å². The molecule has 0 radical (unpaired) electrons. The van der Waals surface area contributed by atoms with Gasteiger partial charge in [-0.2, -0.15) is 0 Å². The predicted octanol–water partition coefficient (Wildman–Crippen LogP) is 2.92. The summed E-state index contributed by atoms with van der Waals surface area (Å²) in [5, 5.41) is 0.677. The third kappa shape index (κ3) is 4.13. The molecular formula is C16H17ClN2O3. The fourth-order valence-corrected chi connectivity index (χ4v) is 1.99. The summed E-state index contributed by atoms with van der Waals surface area (Å²) < 4.78 is 11.3. The zero-order valence-corrected chi connectivity index (χ0v) is 12.9. The van der Waals surface area contributed by atoms with Crippen LogP contribution in [0.2, 0.25) is 5.02 Å². The van der Waals surface area contributed by atoms with E-state index in [1.54, 1.807) is 30.3 Å². The molecule has 0 aliphatic heterocycles. The van der Waals surface area contributed by atoms with Crippen LogP contribution < -0.4 is 20.7 Å². The van der Waals surface area contributed by atoms with E-state index < -0.39 is 0 Å². The van der Waals surface area contributed by atoms with Gasteiger partial charge in [0, 0.05) is 10.6 Å². The zero-order valence-electron chi connectivity index (χ0n) is 12.1. The Morgan fingerprint density at radius 2 is 1.86 bits per heavy atom. The summed E-state index contributed by atoms with van der Waals surface area (Å²) in [6.45, 7) is 2.70. The Morgan fingerprint density at radius 1 is 1.14 bits per heavy atom. The summed E-state index contributed by atoms with van der Waals surface area (Å²) in [4.78, 5) is 11.5. The van der Waals surface area contributed by atoms with Gasteiger partial charge in [0.15, 0.2) is 11.5 Å². The second-order valence-electron chi connectivity index (χ2n) is 4.48. The lowest BCUT2D eigenvalue weighted by atomic mass is 10.2. The van der Waals surface area contributed by atoms with Crippen molar-refractivity contribution >= 4 is 17.5 Å². The Morgan fingerprint density at radius 3 is 2.50 bits per heavy atom. The highest BCUT2D eigenvalue weighted by molar-refractivity contribution is 6.30. The minimum absolute atomic E-state index is 0.375. The van der Waals surface area contributed by atoms with Crippen molar-refractivity contribution < 1.29 is 14.3 Å². The Kier molecular flexibility index (Phi) is 5.63. The van der Waals surface area contributed by atoms with Gasteiger partial charge in [-0.05, 0) is 42.8 Å². The number of carbonyl (C=O) groups is 1. The van der Waals surface area contributed by atoms with Gasteiger partial charge in [0.05, 0.1) is 6.61 Å². The molecule has 0 unspecified atom stereocenters. The van der Waals surface area contributed by atoms with Gasteiger partial charge in [-0.15, -0.1) is 0 Å². The van der Waals surface area contributed by atoms with Crippen molar-refractivity contribution in [3.05, 3.63) is 58.6 Å². The topological polar surface area (TPSA) is 73.6 Å². The highest BCUT2D eigenvalue weighted by Gasteiger charge is 2.11. The number of halogens is 1. The first kappa shape index (κ1) is 16.1. The molecule has 0 bridgehead atoms. The Hall–Kier alpha value is -2.24. The number of ether oxygens (including phenoxy) is 2. The molecule has 0 saturated heterocycles. The molecule has 0 aliphatic carbocycles. The molecule has 0 fully saturated rings. The maximum Gasteiger partial charge on any atom is 0.265 e.